The minimum Gasteiger partial charge on any atom is -0.355 e. The summed E-state index contributed by atoms with van der Waals surface area (Å²) in [6.07, 6.45) is 0.401. The van der Waals surface area contributed by atoms with Gasteiger partial charge >= 0.3 is 0 Å². The largest absolute Gasteiger partial charge is 0.355 e. The van der Waals surface area contributed by atoms with Gasteiger partial charge in [-0.25, -0.2) is 4.39 Å². The van der Waals surface area contributed by atoms with Gasteiger partial charge in [0.2, 0.25) is 5.91 Å². The van der Waals surface area contributed by atoms with Crippen molar-refractivity contribution in [1.29, 1.82) is 0 Å². The van der Waals surface area contributed by atoms with Crippen molar-refractivity contribution in [3.8, 4) is 0 Å². The SMILES string of the molecule is CCN[C@H](C)CNC(=O)CCSc1ccccc1F. The van der Waals surface area contributed by atoms with E-state index < -0.39 is 0 Å². The molecule has 1 aromatic carbocycles. The standard InChI is InChI=1S/C14H21FN2OS/c1-3-16-11(2)10-17-14(18)8-9-19-13-7-5-4-6-12(13)15/h4-7,11,16H,3,8-10H2,1-2H3,(H,17,18)/t11-/m1/s1. The van der Waals surface area contributed by atoms with Gasteiger partial charge < -0.3 is 10.6 Å². The summed E-state index contributed by atoms with van der Waals surface area (Å²) in [6, 6.07) is 6.89. The van der Waals surface area contributed by atoms with E-state index in [4.69, 9.17) is 0 Å². The molecule has 1 amide bonds. The van der Waals surface area contributed by atoms with Gasteiger partial charge in [-0.1, -0.05) is 19.1 Å². The normalized spacial score (nSPS) is 12.2. The molecule has 0 bridgehead atoms. The van der Waals surface area contributed by atoms with Gasteiger partial charge in [0.1, 0.15) is 5.82 Å². The van der Waals surface area contributed by atoms with Gasteiger partial charge in [0.05, 0.1) is 0 Å². The molecule has 5 heteroatoms. The summed E-state index contributed by atoms with van der Waals surface area (Å²) in [6.45, 7) is 5.57. The Morgan fingerprint density at radius 2 is 2.16 bits per heavy atom. The lowest BCUT2D eigenvalue weighted by molar-refractivity contribution is -0.120. The van der Waals surface area contributed by atoms with Crippen molar-refractivity contribution in [3.63, 3.8) is 0 Å². The van der Waals surface area contributed by atoms with Gasteiger partial charge in [0, 0.05) is 29.7 Å². The highest BCUT2D eigenvalue weighted by atomic mass is 32.2. The van der Waals surface area contributed by atoms with Crippen molar-refractivity contribution in [3.05, 3.63) is 30.1 Å². The Labute approximate surface area is 118 Å². The number of nitrogens with one attached hydrogen (secondary N) is 2. The van der Waals surface area contributed by atoms with E-state index in [0.29, 0.717) is 23.6 Å². The fraction of sp³-hybridized carbons (Fsp3) is 0.500. The van der Waals surface area contributed by atoms with Crippen LogP contribution in [0, 0.1) is 5.82 Å². The van der Waals surface area contributed by atoms with Crippen LogP contribution in [-0.2, 0) is 4.79 Å². The molecule has 0 heterocycles. The average molecular weight is 284 g/mol. The van der Waals surface area contributed by atoms with Crippen LogP contribution in [0.15, 0.2) is 29.2 Å². The molecule has 1 aromatic rings. The van der Waals surface area contributed by atoms with Gasteiger partial charge in [-0.3, -0.25) is 4.79 Å². The van der Waals surface area contributed by atoms with Crippen molar-refractivity contribution < 1.29 is 9.18 Å². The summed E-state index contributed by atoms with van der Waals surface area (Å²) < 4.78 is 13.3. The van der Waals surface area contributed by atoms with Crippen LogP contribution < -0.4 is 10.6 Å². The van der Waals surface area contributed by atoms with Gasteiger partial charge in [-0.15, -0.1) is 11.8 Å². The van der Waals surface area contributed by atoms with Crippen LogP contribution in [-0.4, -0.2) is 30.8 Å². The number of hydrogen-bond acceptors (Lipinski definition) is 3. The maximum absolute atomic E-state index is 13.3. The Morgan fingerprint density at radius 3 is 2.84 bits per heavy atom. The average Bonchev–Trinajstić information content (AvgIpc) is 2.39. The molecular weight excluding hydrogens is 263 g/mol. The van der Waals surface area contributed by atoms with E-state index in [-0.39, 0.29) is 17.8 Å². The first kappa shape index (κ1) is 16.0. The van der Waals surface area contributed by atoms with Crippen LogP contribution >= 0.6 is 11.8 Å². The lowest BCUT2D eigenvalue weighted by Gasteiger charge is -2.13. The van der Waals surface area contributed by atoms with Gasteiger partial charge in [-0.05, 0) is 25.6 Å². The van der Waals surface area contributed by atoms with Crippen molar-refractivity contribution in [2.75, 3.05) is 18.8 Å². The summed E-state index contributed by atoms with van der Waals surface area (Å²) in [5, 5.41) is 6.08. The predicted molar refractivity (Wildman–Crippen MR) is 77.9 cm³/mol. The van der Waals surface area contributed by atoms with E-state index in [2.05, 4.69) is 10.6 Å². The minimum absolute atomic E-state index is 0.00796. The Kier molecular flexibility index (Phi) is 7.52. The third-order valence-electron chi connectivity index (χ3n) is 2.58. The molecule has 1 atom stereocenters. The quantitative estimate of drug-likeness (QED) is 0.720. The van der Waals surface area contributed by atoms with Gasteiger partial charge in [0.15, 0.2) is 0 Å². The van der Waals surface area contributed by atoms with Crippen LogP contribution in [0.4, 0.5) is 4.39 Å². The Bertz CT molecular complexity index is 401. The Morgan fingerprint density at radius 1 is 1.42 bits per heavy atom. The zero-order valence-electron chi connectivity index (χ0n) is 11.4. The highest BCUT2D eigenvalue weighted by Gasteiger charge is 2.06. The molecule has 0 aliphatic carbocycles. The topological polar surface area (TPSA) is 41.1 Å². The molecule has 19 heavy (non-hydrogen) atoms. The fourth-order valence-corrected chi connectivity index (χ4v) is 2.48. The molecule has 0 aromatic heterocycles. The number of thioether (sulfide) groups is 1. The zero-order valence-corrected chi connectivity index (χ0v) is 12.2. The number of halogens is 1. The smallest absolute Gasteiger partial charge is 0.220 e. The van der Waals surface area contributed by atoms with E-state index in [1.165, 1.54) is 17.8 Å². The van der Waals surface area contributed by atoms with E-state index in [1.54, 1.807) is 18.2 Å². The molecule has 0 radical (unpaired) electrons. The molecule has 0 saturated carbocycles. The minimum atomic E-state index is -0.228. The van der Waals surface area contributed by atoms with Crippen LogP contribution in [0.25, 0.3) is 0 Å². The second-order valence-corrected chi connectivity index (χ2v) is 5.43. The number of hydrogen-bond donors (Lipinski definition) is 2. The zero-order chi connectivity index (χ0) is 14.1. The van der Waals surface area contributed by atoms with Crippen molar-refractivity contribution in [2.45, 2.75) is 31.2 Å². The van der Waals surface area contributed by atoms with Crippen LogP contribution in [0.2, 0.25) is 0 Å². The van der Waals surface area contributed by atoms with Crippen LogP contribution in [0.3, 0.4) is 0 Å². The molecule has 0 saturated heterocycles. The molecule has 3 nitrogen and oxygen atoms in total. The third kappa shape index (κ3) is 6.59. The van der Waals surface area contributed by atoms with Gasteiger partial charge in [0.25, 0.3) is 0 Å². The van der Waals surface area contributed by atoms with E-state index in [1.807, 2.05) is 13.8 Å². The van der Waals surface area contributed by atoms with Crippen LogP contribution in [0.1, 0.15) is 20.3 Å². The van der Waals surface area contributed by atoms with E-state index in [0.717, 1.165) is 6.54 Å². The van der Waals surface area contributed by atoms with Gasteiger partial charge in [-0.2, -0.15) is 0 Å². The summed E-state index contributed by atoms with van der Waals surface area (Å²) in [7, 11) is 0. The number of benzene rings is 1. The second kappa shape index (κ2) is 8.93. The highest BCUT2D eigenvalue weighted by Crippen LogP contribution is 2.21. The first-order valence-corrected chi connectivity index (χ1v) is 7.49. The first-order chi connectivity index (χ1) is 9.13. The molecule has 0 unspecified atom stereocenters. The first-order valence-electron chi connectivity index (χ1n) is 6.51. The lowest BCUT2D eigenvalue weighted by atomic mass is 10.3. The number of amides is 1. The summed E-state index contributed by atoms with van der Waals surface area (Å²) in [4.78, 5) is 12.2. The third-order valence-corrected chi connectivity index (χ3v) is 3.63. The van der Waals surface area contributed by atoms with Crippen molar-refractivity contribution in [1.82, 2.24) is 10.6 Å². The highest BCUT2D eigenvalue weighted by molar-refractivity contribution is 7.99. The maximum atomic E-state index is 13.3. The molecule has 106 valence electrons. The summed E-state index contributed by atoms with van der Waals surface area (Å²) in [5.41, 5.74) is 0. The number of rotatable bonds is 8. The Hall–Kier alpha value is -1.07. The summed E-state index contributed by atoms with van der Waals surface area (Å²) >= 11 is 1.37. The molecule has 1 rings (SSSR count). The molecule has 2 N–H and O–H groups in total. The molecule has 0 fully saturated rings. The molecule has 0 aliphatic heterocycles. The monoisotopic (exact) mass is 284 g/mol. The molecular formula is C14H21FN2OS. The van der Waals surface area contributed by atoms with Crippen molar-refractivity contribution in [2.24, 2.45) is 0 Å². The fourth-order valence-electron chi connectivity index (χ4n) is 1.59. The molecule has 0 spiro atoms. The molecule has 0 aliphatic rings. The summed E-state index contributed by atoms with van der Waals surface area (Å²) in [5.74, 6) is 0.366. The van der Waals surface area contributed by atoms with Crippen molar-refractivity contribution >= 4 is 17.7 Å². The van der Waals surface area contributed by atoms with E-state index in [9.17, 15) is 9.18 Å². The lowest BCUT2D eigenvalue weighted by Crippen LogP contribution is -2.38. The number of carbonyl (C=O) groups is 1. The Balaban J connectivity index is 2.19. The second-order valence-electron chi connectivity index (χ2n) is 4.29. The predicted octanol–water partition coefficient (Wildman–Crippen LogP) is 2.42. The number of carbonyl (C=O) groups excluding carboxylic acids is 1. The number of likely N-dealkylation sites (N-methyl/N-ethyl adjacent to an activating group) is 1. The van der Waals surface area contributed by atoms with Crippen LogP contribution in [0.5, 0.6) is 0 Å². The maximum Gasteiger partial charge on any atom is 0.220 e. The van der Waals surface area contributed by atoms with E-state index >= 15 is 0 Å².